The Bertz CT molecular complexity index is 2290. The van der Waals surface area contributed by atoms with Crippen LogP contribution in [0.25, 0.3) is 0 Å². The number of aldehydes is 1. The number of carbonyl (C=O) groups excluding carboxylic acids is 5. The minimum absolute atomic E-state index is 0.00881. The van der Waals surface area contributed by atoms with Crippen LogP contribution in [-0.2, 0) is 23.9 Å². The molecule has 3 aromatic carbocycles. The van der Waals surface area contributed by atoms with Gasteiger partial charge in [-0.15, -0.1) is 0 Å². The number of anilines is 2. The molecule has 5 N–H and O–H groups in total. The summed E-state index contributed by atoms with van der Waals surface area (Å²) in [4.78, 5) is 74.4. The molecule has 0 radical (unpaired) electrons. The lowest BCUT2D eigenvalue weighted by molar-refractivity contribution is -0.128. The number of benzene rings is 3. The SMILES string of the molecule is C=C(CCCOCCOCCOc1cccc2c1C(=O)N(C(C=O)CCC(=O)NC)C2=O)C(=O)N1CCCC(Nc2ncnc(N)c2C(=N)c2ccc(Oc3ccccc3)cc2)C1. The summed E-state index contributed by atoms with van der Waals surface area (Å²) in [5, 5.41) is 14.9. The summed E-state index contributed by atoms with van der Waals surface area (Å²) < 4.78 is 23.0. The first-order valence-corrected chi connectivity index (χ1v) is 20.8. The second-order valence-corrected chi connectivity index (χ2v) is 14.9. The van der Waals surface area contributed by atoms with Gasteiger partial charge in [0, 0.05) is 50.3 Å². The molecule has 17 heteroatoms. The van der Waals surface area contributed by atoms with E-state index in [1.54, 1.807) is 41.3 Å². The molecule has 2 unspecified atom stereocenters. The lowest BCUT2D eigenvalue weighted by Crippen LogP contribution is -2.45. The maximum absolute atomic E-state index is 13.4. The van der Waals surface area contributed by atoms with E-state index in [-0.39, 0.29) is 78.9 Å². The number of carbonyl (C=O) groups is 5. The van der Waals surface area contributed by atoms with E-state index in [9.17, 15) is 24.0 Å². The van der Waals surface area contributed by atoms with Crippen LogP contribution in [0.2, 0.25) is 0 Å². The van der Waals surface area contributed by atoms with E-state index in [0.29, 0.717) is 79.4 Å². The van der Waals surface area contributed by atoms with Crippen molar-refractivity contribution in [3.8, 4) is 17.2 Å². The van der Waals surface area contributed by atoms with E-state index in [0.717, 1.165) is 17.7 Å². The van der Waals surface area contributed by atoms with Gasteiger partial charge >= 0.3 is 0 Å². The Kier molecular flexibility index (Phi) is 16.1. The Morgan fingerprint density at radius 3 is 2.41 bits per heavy atom. The van der Waals surface area contributed by atoms with E-state index in [4.69, 9.17) is 30.1 Å². The van der Waals surface area contributed by atoms with Crippen molar-refractivity contribution in [1.29, 1.82) is 5.41 Å². The molecular formula is C46H52N8O9. The zero-order chi connectivity index (χ0) is 44.7. The normalized spacial score (nSPS) is 15.0. The van der Waals surface area contributed by atoms with Crippen LogP contribution in [0.5, 0.6) is 17.2 Å². The number of aromatic nitrogens is 2. The van der Waals surface area contributed by atoms with Gasteiger partial charge in [-0.1, -0.05) is 30.8 Å². The third kappa shape index (κ3) is 11.7. The number of para-hydroxylation sites is 1. The molecule has 0 spiro atoms. The van der Waals surface area contributed by atoms with Crippen LogP contribution in [0.1, 0.15) is 70.4 Å². The Morgan fingerprint density at radius 1 is 0.937 bits per heavy atom. The number of likely N-dealkylation sites (tertiary alicyclic amines) is 1. The average Bonchev–Trinajstić information content (AvgIpc) is 3.56. The van der Waals surface area contributed by atoms with Crippen molar-refractivity contribution >= 4 is 47.3 Å². The molecule has 3 heterocycles. The lowest BCUT2D eigenvalue weighted by Gasteiger charge is -2.34. The second-order valence-electron chi connectivity index (χ2n) is 14.9. The number of piperidine rings is 1. The summed E-state index contributed by atoms with van der Waals surface area (Å²) in [5.74, 6) is 0.442. The summed E-state index contributed by atoms with van der Waals surface area (Å²) >= 11 is 0. The van der Waals surface area contributed by atoms with Gasteiger partial charge in [0.1, 0.15) is 48.1 Å². The van der Waals surface area contributed by atoms with E-state index in [1.165, 1.54) is 19.4 Å². The monoisotopic (exact) mass is 860 g/mol. The molecule has 17 nitrogen and oxygen atoms in total. The standard InChI is InChI=1S/C46H52N8O9/c1-30(9-8-22-60-23-24-61-25-26-62-37-14-6-13-36-39(37)46(59)54(45(36)58)33(28-55)17-20-38(56)49-2)44(57)53-21-7-10-32(27-53)52-43-40(42(48)50-29-51-43)41(47)31-15-18-35(19-16-31)63-34-11-4-3-5-12-34/h3-6,11-16,18-19,28-29,32-33,47H,1,7-10,17,20-27H2,2H3,(H,49,56)(H3,48,50,51,52). The molecule has 63 heavy (non-hydrogen) atoms. The fraction of sp³-hybridized carbons (Fsp3) is 0.348. The fourth-order valence-corrected chi connectivity index (χ4v) is 7.29. The van der Waals surface area contributed by atoms with Crippen LogP contribution < -0.4 is 25.8 Å². The topological polar surface area (TPSA) is 228 Å². The van der Waals surface area contributed by atoms with Crippen LogP contribution in [0.15, 0.2) is 91.3 Å². The van der Waals surface area contributed by atoms with Crippen LogP contribution in [0.4, 0.5) is 11.6 Å². The molecule has 0 aliphatic carbocycles. The highest BCUT2D eigenvalue weighted by Crippen LogP contribution is 2.33. The molecule has 1 fully saturated rings. The minimum atomic E-state index is -1.08. The molecule has 4 aromatic rings. The van der Waals surface area contributed by atoms with Gasteiger partial charge in [-0.05, 0) is 80.6 Å². The van der Waals surface area contributed by atoms with Gasteiger partial charge in [-0.25, -0.2) is 9.97 Å². The second kappa shape index (κ2) is 22.2. The largest absolute Gasteiger partial charge is 0.490 e. The first kappa shape index (κ1) is 45.5. The quantitative estimate of drug-likeness (QED) is 0.0259. The van der Waals surface area contributed by atoms with E-state index in [1.807, 2.05) is 30.3 Å². The summed E-state index contributed by atoms with van der Waals surface area (Å²) in [6.07, 6.45) is 4.46. The number of hydrogen-bond acceptors (Lipinski definition) is 14. The van der Waals surface area contributed by atoms with E-state index >= 15 is 0 Å². The number of amides is 4. The first-order chi connectivity index (χ1) is 30.6. The number of nitrogen functional groups attached to an aromatic ring is 1. The average molecular weight is 861 g/mol. The van der Waals surface area contributed by atoms with E-state index < -0.39 is 17.9 Å². The highest BCUT2D eigenvalue weighted by Gasteiger charge is 2.42. The number of nitrogens with one attached hydrogen (secondary N) is 3. The van der Waals surface area contributed by atoms with Gasteiger partial charge in [0.05, 0.1) is 48.3 Å². The molecular weight excluding hydrogens is 809 g/mol. The maximum Gasteiger partial charge on any atom is 0.265 e. The smallest absolute Gasteiger partial charge is 0.265 e. The molecule has 1 aromatic heterocycles. The molecule has 2 aliphatic heterocycles. The number of hydrogen-bond donors (Lipinski definition) is 4. The van der Waals surface area contributed by atoms with Gasteiger partial charge in [0.15, 0.2) is 0 Å². The van der Waals surface area contributed by atoms with Crippen LogP contribution in [0.3, 0.4) is 0 Å². The number of fused-ring (bicyclic) bond motifs is 1. The van der Waals surface area contributed by atoms with Crippen molar-refractivity contribution in [3.63, 3.8) is 0 Å². The third-order valence-electron chi connectivity index (χ3n) is 10.6. The van der Waals surface area contributed by atoms with Crippen molar-refractivity contribution in [1.82, 2.24) is 25.1 Å². The van der Waals surface area contributed by atoms with Crippen LogP contribution in [0, 0.1) is 5.41 Å². The predicted octanol–water partition coefficient (Wildman–Crippen LogP) is 4.81. The Balaban J connectivity index is 0.882. The lowest BCUT2D eigenvalue weighted by atomic mass is 10.0. The van der Waals surface area contributed by atoms with Gasteiger partial charge in [-0.2, -0.15) is 0 Å². The number of rotatable bonds is 23. The van der Waals surface area contributed by atoms with E-state index in [2.05, 4.69) is 27.2 Å². The van der Waals surface area contributed by atoms with Crippen LogP contribution in [-0.4, -0.2) is 121 Å². The summed E-state index contributed by atoms with van der Waals surface area (Å²) in [7, 11) is 1.47. The Morgan fingerprint density at radius 2 is 1.67 bits per heavy atom. The van der Waals surface area contributed by atoms with Crippen molar-refractivity contribution in [2.75, 3.05) is 64.2 Å². The number of ether oxygens (including phenoxy) is 4. The fourth-order valence-electron chi connectivity index (χ4n) is 7.29. The number of imide groups is 1. The van der Waals surface area contributed by atoms with Gasteiger partial charge in [-0.3, -0.25) is 29.5 Å². The maximum atomic E-state index is 13.4. The highest BCUT2D eigenvalue weighted by atomic mass is 16.5. The molecule has 330 valence electrons. The van der Waals surface area contributed by atoms with Crippen molar-refractivity contribution in [2.24, 2.45) is 0 Å². The zero-order valence-electron chi connectivity index (χ0n) is 35.2. The summed E-state index contributed by atoms with van der Waals surface area (Å²) in [6.45, 7) is 6.36. The van der Waals surface area contributed by atoms with Crippen molar-refractivity contribution in [3.05, 3.63) is 114 Å². The molecule has 0 saturated carbocycles. The predicted molar refractivity (Wildman–Crippen MR) is 234 cm³/mol. The molecule has 1 saturated heterocycles. The van der Waals surface area contributed by atoms with Crippen molar-refractivity contribution in [2.45, 2.75) is 50.6 Å². The molecule has 4 amide bonds. The number of nitrogens with two attached hydrogens (primary N) is 1. The minimum Gasteiger partial charge on any atom is -0.490 e. The van der Waals surface area contributed by atoms with Gasteiger partial charge in [0.25, 0.3) is 11.8 Å². The third-order valence-corrected chi connectivity index (χ3v) is 10.6. The molecule has 2 aliphatic rings. The number of nitrogens with zero attached hydrogens (tertiary/aromatic N) is 4. The summed E-state index contributed by atoms with van der Waals surface area (Å²) in [6, 6.07) is 20.0. The molecule has 2 atom stereocenters. The van der Waals surface area contributed by atoms with Gasteiger partial charge < -0.3 is 45.0 Å². The first-order valence-electron chi connectivity index (χ1n) is 20.8. The summed E-state index contributed by atoms with van der Waals surface area (Å²) in [5.41, 5.74) is 8.14. The van der Waals surface area contributed by atoms with Crippen LogP contribution >= 0.6 is 0 Å². The van der Waals surface area contributed by atoms with Crippen molar-refractivity contribution < 1.29 is 42.9 Å². The highest BCUT2D eigenvalue weighted by molar-refractivity contribution is 6.23. The zero-order valence-corrected chi connectivity index (χ0v) is 35.2. The van der Waals surface area contributed by atoms with Gasteiger partial charge in [0.2, 0.25) is 11.8 Å². The molecule has 0 bridgehead atoms. The Labute approximate surface area is 365 Å². The molecule has 6 rings (SSSR count). The Hall–Kier alpha value is -6.98.